The van der Waals surface area contributed by atoms with E-state index in [1.807, 2.05) is 0 Å². The zero-order valence-electron chi connectivity index (χ0n) is 17.0. The van der Waals surface area contributed by atoms with Crippen molar-refractivity contribution in [3.05, 3.63) is 40.7 Å². The van der Waals surface area contributed by atoms with E-state index < -0.39 is 55.2 Å². The van der Waals surface area contributed by atoms with E-state index in [0.29, 0.717) is 0 Å². The molecule has 2 heterocycles. The molecule has 0 radical (unpaired) electrons. The largest absolute Gasteiger partial charge is 0.492 e. The Morgan fingerprint density at radius 1 is 1.09 bits per heavy atom. The summed E-state index contributed by atoms with van der Waals surface area (Å²) in [5, 5.41) is 8.04. The number of alkyl halides is 6. The molecule has 1 aromatic carbocycles. The van der Waals surface area contributed by atoms with Gasteiger partial charge in [-0.05, 0) is 31.5 Å². The number of rotatable bonds is 4. The van der Waals surface area contributed by atoms with E-state index in [2.05, 4.69) is 19.8 Å². The van der Waals surface area contributed by atoms with Crippen LogP contribution in [0.15, 0.2) is 18.2 Å². The third kappa shape index (κ3) is 5.58. The second-order valence-electron chi connectivity index (χ2n) is 7.13. The first-order valence-corrected chi connectivity index (χ1v) is 9.77. The molecule has 0 saturated carbocycles. The normalized spacial score (nSPS) is 19.7. The molecule has 2 unspecified atom stereocenters. The van der Waals surface area contributed by atoms with Gasteiger partial charge in [0.25, 0.3) is 0 Å². The third-order valence-electron chi connectivity index (χ3n) is 4.78. The first-order chi connectivity index (χ1) is 15.7. The number of ether oxygens (including phenoxy) is 1. The molecule has 0 spiro atoms. The quantitative estimate of drug-likeness (QED) is 0.447. The van der Waals surface area contributed by atoms with Crippen molar-refractivity contribution in [1.82, 2.24) is 19.8 Å². The number of aryl methyl sites for hydroxylation is 1. The minimum atomic E-state index is -5.46. The Bertz CT molecular complexity index is 1090. The van der Waals surface area contributed by atoms with E-state index >= 15 is 0 Å². The van der Waals surface area contributed by atoms with Crippen molar-refractivity contribution in [3.8, 4) is 5.69 Å². The summed E-state index contributed by atoms with van der Waals surface area (Å²) in [6, 6.07) is 3.68. The van der Waals surface area contributed by atoms with Crippen LogP contribution in [0.2, 0.25) is 5.02 Å². The van der Waals surface area contributed by atoms with Gasteiger partial charge in [-0.25, -0.2) is 14.0 Å². The fraction of sp³-hybridized carbons (Fsp3) is 0.444. The molecule has 8 nitrogen and oxygen atoms in total. The number of nitrogens with zero attached hydrogens (tertiary/aromatic N) is 4. The van der Waals surface area contributed by atoms with Crippen molar-refractivity contribution < 1.29 is 49.9 Å². The fourth-order valence-corrected chi connectivity index (χ4v) is 3.46. The van der Waals surface area contributed by atoms with Crippen LogP contribution in [0.4, 0.5) is 30.7 Å². The number of aromatic nitrogens is 3. The maximum Gasteiger partial charge on any atom is 0.492 e. The van der Waals surface area contributed by atoms with Crippen molar-refractivity contribution in [1.29, 1.82) is 0 Å². The number of hydroxylamine groups is 2. The van der Waals surface area contributed by atoms with Crippen molar-refractivity contribution in [3.63, 3.8) is 0 Å². The Balaban J connectivity index is 1.92. The van der Waals surface area contributed by atoms with E-state index in [1.54, 1.807) is 0 Å². The lowest BCUT2D eigenvalue weighted by molar-refractivity contribution is -0.284. The summed E-state index contributed by atoms with van der Waals surface area (Å²) in [6.45, 7) is 0.906. The molecule has 2 atom stereocenters. The molecular formula is C18H14ClF7N4O4. The SMILES string of the molecule is Cc1nnc(C2CCN(OC(=O)C(F)(F)F)C(OC(=O)C(F)(F)F)C2)n1-c1ccc(Cl)cc1F. The molecule has 0 N–H and O–H groups in total. The van der Waals surface area contributed by atoms with E-state index in [4.69, 9.17) is 11.6 Å². The van der Waals surface area contributed by atoms with Crippen LogP contribution in [0, 0.1) is 12.7 Å². The number of esters is 1. The molecule has 0 aliphatic carbocycles. The Morgan fingerprint density at radius 3 is 2.32 bits per heavy atom. The molecule has 34 heavy (non-hydrogen) atoms. The molecule has 1 saturated heterocycles. The second-order valence-corrected chi connectivity index (χ2v) is 7.57. The molecule has 1 aliphatic rings. The molecule has 16 heteroatoms. The van der Waals surface area contributed by atoms with Crippen molar-refractivity contribution in [2.75, 3.05) is 6.54 Å². The van der Waals surface area contributed by atoms with Crippen molar-refractivity contribution in [2.45, 2.75) is 44.3 Å². The maximum atomic E-state index is 14.5. The van der Waals surface area contributed by atoms with Crippen molar-refractivity contribution in [2.24, 2.45) is 0 Å². The number of hydrogen-bond acceptors (Lipinski definition) is 7. The maximum absolute atomic E-state index is 14.5. The predicted octanol–water partition coefficient (Wildman–Crippen LogP) is 4.00. The first kappa shape index (κ1) is 25.7. The van der Waals surface area contributed by atoms with Gasteiger partial charge in [0, 0.05) is 23.9 Å². The Hall–Kier alpha value is -2.94. The minimum Gasteiger partial charge on any atom is -0.437 e. The van der Waals surface area contributed by atoms with Crippen LogP contribution in [0.1, 0.15) is 30.4 Å². The van der Waals surface area contributed by atoms with Gasteiger partial charge in [0.05, 0.1) is 5.69 Å². The molecule has 2 aromatic rings. The number of carbonyl (C=O) groups excluding carboxylic acids is 2. The first-order valence-electron chi connectivity index (χ1n) is 9.39. The molecule has 1 aromatic heterocycles. The highest BCUT2D eigenvalue weighted by Crippen LogP contribution is 2.35. The summed E-state index contributed by atoms with van der Waals surface area (Å²) in [4.78, 5) is 26.7. The molecule has 1 aliphatic heterocycles. The third-order valence-corrected chi connectivity index (χ3v) is 5.01. The van der Waals surface area contributed by atoms with Gasteiger partial charge < -0.3 is 9.57 Å². The van der Waals surface area contributed by atoms with Crippen LogP contribution in [0.25, 0.3) is 5.69 Å². The average Bonchev–Trinajstić information content (AvgIpc) is 3.09. The predicted molar refractivity (Wildman–Crippen MR) is 97.8 cm³/mol. The minimum absolute atomic E-state index is 0.0357. The summed E-state index contributed by atoms with van der Waals surface area (Å²) in [7, 11) is 0. The zero-order chi connectivity index (χ0) is 25.4. The van der Waals surface area contributed by atoms with Crippen LogP contribution < -0.4 is 0 Å². The highest BCUT2D eigenvalue weighted by atomic mass is 35.5. The van der Waals surface area contributed by atoms with Gasteiger partial charge in [-0.15, -0.1) is 10.2 Å². The van der Waals surface area contributed by atoms with Crippen LogP contribution in [-0.4, -0.2) is 56.9 Å². The van der Waals surface area contributed by atoms with Gasteiger partial charge in [0.1, 0.15) is 17.5 Å². The molecular weight excluding hydrogens is 505 g/mol. The monoisotopic (exact) mass is 518 g/mol. The van der Waals surface area contributed by atoms with Crippen LogP contribution in [0.5, 0.6) is 0 Å². The number of halogens is 8. The standard InChI is InChI=1S/C18H14ClF7N4O4/c1-8-27-28-14(30(8)12-3-2-10(19)7-11(12)20)9-4-5-29(34-16(32)18(24,25)26)13(6-9)33-15(31)17(21,22)23/h2-3,7,9,13H,4-6H2,1H3. The molecule has 0 bridgehead atoms. The number of hydrogen-bond donors (Lipinski definition) is 0. The number of piperidine rings is 1. The average molecular weight is 519 g/mol. The van der Waals surface area contributed by atoms with Gasteiger partial charge in [-0.3, -0.25) is 4.57 Å². The zero-order valence-corrected chi connectivity index (χ0v) is 17.7. The van der Waals surface area contributed by atoms with Crippen LogP contribution in [-0.2, 0) is 19.2 Å². The lowest BCUT2D eigenvalue weighted by Gasteiger charge is -2.36. The van der Waals surface area contributed by atoms with Gasteiger partial charge in [-0.2, -0.15) is 26.3 Å². The van der Waals surface area contributed by atoms with Crippen LogP contribution in [0.3, 0.4) is 0 Å². The Morgan fingerprint density at radius 2 is 1.74 bits per heavy atom. The summed E-state index contributed by atoms with van der Waals surface area (Å²) in [5.41, 5.74) is -0.0448. The van der Waals surface area contributed by atoms with Gasteiger partial charge in [0.2, 0.25) is 0 Å². The van der Waals surface area contributed by atoms with Gasteiger partial charge >= 0.3 is 24.3 Å². The van der Waals surface area contributed by atoms with Crippen molar-refractivity contribution >= 4 is 23.5 Å². The molecule has 3 rings (SSSR count). The van der Waals surface area contributed by atoms with Crippen LogP contribution >= 0.6 is 11.6 Å². The number of benzene rings is 1. The summed E-state index contributed by atoms with van der Waals surface area (Å²) in [6.07, 6.45) is -13.6. The van der Waals surface area contributed by atoms with E-state index in [1.165, 1.54) is 23.6 Å². The Labute approximate surface area is 191 Å². The van der Waals surface area contributed by atoms with E-state index in [9.17, 15) is 40.3 Å². The highest BCUT2D eigenvalue weighted by molar-refractivity contribution is 6.30. The van der Waals surface area contributed by atoms with E-state index in [-0.39, 0.29) is 33.8 Å². The fourth-order valence-electron chi connectivity index (χ4n) is 3.30. The Kier molecular flexibility index (Phi) is 7.07. The molecule has 0 amide bonds. The topological polar surface area (TPSA) is 86.6 Å². The van der Waals surface area contributed by atoms with Gasteiger partial charge in [-0.1, -0.05) is 16.7 Å². The van der Waals surface area contributed by atoms with E-state index in [0.717, 1.165) is 6.07 Å². The molecule has 186 valence electrons. The number of carbonyl (C=O) groups is 2. The smallest absolute Gasteiger partial charge is 0.437 e. The highest BCUT2D eigenvalue weighted by Gasteiger charge is 2.48. The summed E-state index contributed by atoms with van der Waals surface area (Å²) < 4.78 is 95.9. The second kappa shape index (κ2) is 9.37. The lowest BCUT2D eigenvalue weighted by atomic mass is 9.95. The lowest BCUT2D eigenvalue weighted by Crippen LogP contribution is -2.49. The molecule has 1 fully saturated rings. The summed E-state index contributed by atoms with van der Waals surface area (Å²) in [5.74, 6) is -6.83. The summed E-state index contributed by atoms with van der Waals surface area (Å²) >= 11 is 5.75. The van der Waals surface area contributed by atoms with Gasteiger partial charge in [0.15, 0.2) is 6.23 Å².